The summed E-state index contributed by atoms with van der Waals surface area (Å²) < 4.78 is 5.39. The van der Waals surface area contributed by atoms with Crippen molar-refractivity contribution in [3.8, 4) is 0 Å². The molecule has 3 rings (SSSR count). The molecule has 2 heterocycles. The summed E-state index contributed by atoms with van der Waals surface area (Å²) in [5.41, 5.74) is 2.58. The van der Waals surface area contributed by atoms with Crippen molar-refractivity contribution in [2.75, 3.05) is 31.6 Å². The number of nitrogens with zero attached hydrogens (tertiary/aromatic N) is 2. The van der Waals surface area contributed by atoms with Crippen molar-refractivity contribution in [3.63, 3.8) is 0 Å². The number of aromatic nitrogens is 2. The minimum absolute atomic E-state index is 0.130. The van der Waals surface area contributed by atoms with Crippen molar-refractivity contribution < 1.29 is 4.74 Å². The molecule has 0 bridgehead atoms. The molecule has 7 heteroatoms. The van der Waals surface area contributed by atoms with Crippen LogP contribution in [0.3, 0.4) is 0 Å². The predicted molar refractivity (Wildman–Crippen MR) is 89.7 cm³/mol. The summed E-state index contributed by atoms with van der Waals surface area (Å²) in [6.45, 7) is 4.95. The van der Waals surface area contributed by atoms with Crippen molar-refractivity contribution in [2.45, 2.75) is 13.1 Å². The number of hydrogen-bond donors (Lipinski definition) is 2. The van der Waals surface area contributed by atoms with Gasteiger partial charge in [0.1, 0.15) is 5.02 Å². The average molecular weight is 335 g/mol. The number of halogens is 1. The van der Waals surface area contributed by atoms with Gasteiger partial charge < -0.3 is 10.1 Å². The Morgan fingerprint density at radius 3 is 2.78 bits per heavy atom. The van der Waals surface area contributed by atoms with Gasteiger partial charge >= 0.3 is 0 Å². The first-order valence-electron chi connectivity index (χ1n) is 7.58. The standard InChI is InChI=1S/C16H19ClN4O2/c17-15-14(10-19-20-16(15)22)18-9-12-3-1-2-4-13(12)11-21-5-7-23-8-6-21/h1-4,10H,5-9,11H2,(H2,18,20,22). The number of anilines is 1. The third-order valence-corrected chi connectivity index (χ3v) is 4.26. The molecular formula is C16H19ClN4O2. The second-order valence-corrected chi connectivity index (χ2v) is 5.82. The van der Waals surface area contributed by atoms with E-state index in [1.165, 1.54) is 17.3 Å². The van der Waals surface area contributed by atoms with Gasteiger partial charge in [0.25, 0.3) is 5.56 Å². The number of morpholine rings is 1. The zero-order valence-electron chi connectivity index (χ0n) is 12.7. The van der Waals surface area contributed by atoms with Gasteiger partial charge in [0.2, 0.25) is 0 Å². The molecule has 1 aromatic heterocycles. The zero-order chi connectivity index (χ0) is 16.1. The topological polar surface area (TPSA) is 70.2 Å². The van der Waals surface area contributed by atoms with Crippen LogP contribution in [-0.2, 0) is 17.8 Å². The average Bonchev–Trinajstić information content (AvgIpc) is 2.58. The normalized spacial score (nSPS) is 15.5. The Morgan fingerprint density at radius 2 is 2.00 bits per heavy atom. The first kappa shape index (κ1) is 16.0. The van der Waals surface area contributed by atoms with Crippen molar-refractivity contribution >= 4 is 17.3 Å². The lowest BCUT2D eigenvalue weighted by atomic mass is 10.1. The molecule has 0 saturated carbocycles. The lowest BCUT2D eigenvalue weighted by Gasteiger charge is -2.27. The van der Waals surface area contributed by atoms with Crippen molar-refractivity contribution in [1.82, 2.24) is 15.1 Å². The molecule has 0 atom stereocenters. The number of aromatic amines is 1. The van der Waals surface area contributed by atoms with Gasteiger partial charge in [0.05, 0.1) is 25.1 Å². The molecular weight excluding hydrogens is 316 g/mol. The third kappa shape index (κ3) is 4.10. The molecule has 0 aliphatic carbocycles. The smallest absolute Gasteiger partial charge is 0.285 e. The number of hydrogen-bond acceptors (Lipinski definition) is 5. The molecule has 2 N–H and O–H groups in total. The van der Waals surface area contributed by atoms with Crippen LogP contribution in [0.5, 0.6) is 0 Å². The lowest BCUT2D eigenvalue weighted by molar-refractivity contribution is 0.0341. The van der Waals surface area contributed by atoms with Crippen LogP contribution in [0.25, 0.3) is 0 Å². The number of H-pyrrole nitrogens is 1. The minimum atomic E-state index is -0.390. The SMILES string of the molecule is O=c1[nH]ncc(NCc2ccccc2CN2CCOCC2)c1Cl. The Balaban J connectivity index is 1.70. The molecule has 1 aromatic carbocycles. The molecule has 2 aromatic rings. The van der Waals surface area contributed by atoms with Crippen LogP contribution in [-0.4, -0.2) is 41.4 Å². The largest absolute Gasteiger partial charge is 0.379 e. The molecule has 0 amide bonds. The van der Waals surface area contributed by atoms with Crippen LogP contribution in [0.2, 0.25) is 5.02 Å². The van der Waals surface area contributed by atoms with E-state index in [-0.39, 0.29) is 5.02 Å². The lowest BCUT2D eigenvalue weighted by Crippen LogP contribution is -2.35. The van der Waals surface area contributed by atoms with Crippen LogP contribution in [0.4, 0.5) is 5.69 Å². The first-order valence-corrected chi connectivity index (χ1v) is 7.96. The Bertz CT molecular complexity index is 713. The highest BCUT2D eigenvalue weighted by Gasteiger charge is 2.13. The van der Waals surface area contributed by atoms with E-state index in [1.54, 1.807) is 0 Å². The molecule has 122 valence electrons. The maximum atomic E-state index is 11.5. The Labute approximate surface area is 139 Å². The number of nitrogens with one attached hydrogen (secondary N) is 2. The Hall–Kier alpha value is -1.89. The van der Waals surface area contributed by atoms with Crippen molar-refractivity contribution in [3.05, 3.63) is 57.0 Å². The van der Waals surface area contributed by atoms with E-state index in [9.17, 15) is 4.79 Å². The summed E-state index contributed by atoms with van der Waals surface area (Å²) in [5.74, 6) is 0. The molecule has 0 spiro atoms. The Kier molecular flexibility index (Phi) is 5.27. The maximum absolute atomic E-state index is 11.5. The van der Waals surface area contributed by atoms with E-state index in [4.69, 9.17) is 16.3 Å². The van der Waals surface area contributed by atoms with Crippen molar-refractivity contribution in [1.29, 1.82) is 0 Å². The molecule has 1 fully saturated rings. The summed E-state index contributed by atoms with van der Waals surface area (Å²) in [4.78, 5) is 13.9. The summed E-state index contributed by atoms with van der Waals surface area (Å²) >= 11 is 5.99. The molecule has 1 saturated heterocycles. The van der Waals surface area contributed by atoms with E-state index in [0.29, 0.717) is 12.2 Å². The molecule has 23 heavy (non-hydrogen) atoms. The van der Waals surface area contributed by atoms with Crippen LogP contribution in [0, 0.1) is 0 Å². The molecule has 0 radical (unpaired) electrons. The van der Waals surface area contributed by atoms with Gasteiger partial charge in [-0.3, -0.25) is 9.69 Å². The van der Waals surface area contributed by atoms with E-state index in [0.717, 1.165) is 32.8 Å². The molecule has 6 nitrogen and oxygen atoms in total. The van der Waals surface area contributed by atoms with Gasteiger partial charge in [-0.2, -0.15) is 5.10 Å². The summed E-state index contributed by atoms with van der Waals surface area (Å²) in [7, 11) is 0. The molecule has 1 aliphatic rings. The van der Waals surface area contributed by atoms with E-state index < -0.39 is 5.56 Å². The van der Waals surface area contributed by atoms with Gasteiger partial charge in [-0.25, -0.2) is 5.10 Å². The summed E-state index contributed by atoms with van der Waals surface area (Å²) in [6.07, 6.45) is 1.52. The summed E-state index contributed by atoms with van der Waals surface area (Å²) in [5, 5.41) is 9.39. The quantitative estimate of drug-likeness (QED) is 0.873. The summed E-state index contributed by atoms with van der Waals surface area (Å²) in [6, 6.07) is 8.26. The van der Waals surface area contributed by atoms with Gasteiger partial charge in [0.15, 0.2) is 0 Å². The van der Waals surface area contributed by atoms with Crippen LogP contribution >= 0.6 is 11.6 Å². The number of benzene rings is 1. The van der Waals surface area contributed by atoms with Crippen molar-refractivity contribution in [2.24, 2.45) is 0 Å². The highest BCUT2D eigenvalue weighted by atomic mass is 35.5. The van der Waals surface area contributed by atoms with Gasteiger partial charge in [-0.15, -0.1) is 0 Å². The van der Waals surface area contributed by atoms with Crippen LogP contribution in [0.1, 0.15) is 11.1 Å². The fraction of sp³-hybridized carbons (Fsp3) is 0.375. The molecule has 1 aliphatic heterocycles. The number of rotatable bonds is 5. The van der Waals surface area contributed by atoms with Gasteiger partial charge in [0, 0.05) is 26.2 Å². The number of ether oxygens (including phenoxy) is 1. The van der Waals surface area contributed by atoms with Gasteiger partial charge in [-0.1, -0.05) is 35.9 Å². The van der Waals surface area contributed by atoms with Crippen LogP contribution < -0.4 is 10.9 Å². The van der Waals surface area contributed by atoms with Gasteiger partial charge in [-0.05, 0) is 11.1 Å². The predicted octanol–water partition coefficient (Wildman–Crippen LogP) is 1.87. The first-order chi connectivity index (χ1) is 11.2. The highest BCUT2D eigenvalue weighted by molar-refractivity contribution is 6.32. The fourth-order valence-electron chi connectivity index (χ4n) is 2.58. The van der Waals surface area contributed by atoms with E-state index >= 15 is 0 Å². The zero-order valence-corrected chi connectivity index (χ0v) is 13.5. The third-order valence-electron chi connectivity index (χ3n) is 3.88. The van der Waals surface area contributed by atoms with Crippen LogP contribution in [0.15, 0.2) is 35.3 Å². The van der Waals surface area contributed by atoms with E-state index in [1.807, 2.05) is 12.1 Å². The fourth-order valence-corrected chi connectivity index (χ4v) is 2.74. The monoisotopic (exact) mass is 334 g/mol. The Morgan fingerprint density at radius 1 is 1.26 bits per heavy atom. The molecule has 0 unspecified atom stereocenters. The highest BCUT2D eigenvalue weighted by Crippen LogP contribution is 2.18. The maximum Gasteiger partial charge on any atom is 0.285 e. The minimum Gasteiger partial charge on any atom is -0.379 e. The second kappa shape index (κ2) is 7.59. The van der Waals surface area contributed by atoms with E-state index in [2.05, 4.69) is 32.5 Å². The second-order valence-electron chi connectivity index (χ2n) is 5.44.